The van der Waals surface area contributed by atoms with Gasteiger partial charge in [0.1, 0.15) is 11.6 Å². The second kappa shape index (κ2) is 5.72. The minimum Gasteiger partial charge on any atom is -0.383 e. The fourth-order valence-corrected chi connectivity index (χ4v) is 2.33. The number of nitro groups is 1. The Kier molecular flexibility index (Phi) is 4.02. The lowest BCUT2D eigenvalue weighted by Gasteiger charge is -2.32. The molecule has 0 aliphatic carbocycles. The summed E-state index contributed by atoms with van der Waals surface area (Å²) in [4.78, 5) is 27.4. The molecule has 1 amide bonds. The first kappa shape index (κ1) is 14.0. The highest BCUT2D eigenvalue weighted by Gasteiger charge is 2.22. The summed E-state index contributed by atoms with van der Waals surface area (Å²) in [7, 11) is 0. The molecule has 2 heterocycles. The standard InChI is InChI=1S/C12H17N5O3/c1-8(18)14-9-2-4-16(5-3-9)12-7-10(17(19)20)6-11(13)15-12/h6-7,9H,2-5H2,1H3,(H2,13,15)(H,14,18). The van der Waals surface area contributed by atoms with Gasteiger partial charge in [-0.2, -0.15) is 0 Å². The number of nitrogens with zero attached hydrogens (tertiary/aromatic N) is 3. The highest BCUT2D eigenvalue weighted by molar-refractivity contribution is 5.73. The Morgan fingerprint density at radius 1 is 1.50 bits per heavy atom. The number of aromatic nitrogens is 1. The molecule has 1 aromatic rings. The van der Waals surface area contributed by atoms with E-state index in [0.717, 1.165) is 12.8 Å². The third-order valence-corrected chi connectivity index (χ3v) is 3.25. The van der Waals surface area contributed by atoms with Crippen molar-refractivity contribution in [3.8, 4) is 0 Å². The molecule has 1 fully saturated rings. The number of carbonyl (C=O) groups is 1. The lowest BCUT2D eigenvalue weighted by Crippen LogP contribution is -2.44. The van der Waals surface area contributed by atoms with Gasteiger partial charge in [0.25, 0.3) is 5.69 Å². The number of piperidine rings is 1. The lowest BCUT2D eigenvalue weighted by atomic mass is 10.1. The van der Waals surface area contributed by atoms with Crippen molar-refractivity contribution < 1.29 is 9.72 Å². The molecule has 0 atom stereocenters. The number of amides is 1. The van der Waals surface area contributed by atoms with Crippen molar-refractivity contribution in [3.05, 3.63) is 22.2 Å². The summed E-state index contributed by atoms with van der Waals surface area (Å²) in [5.41, 5.74) is 5.54. The first-order chi connectivity index (χ1) is 9.45. The molecule has 1 saturated heterocycles. The van der Waals surface area contributed by atoms with Crippen LogP contribution >= 0.6 is 0 Å². The van der Waals surface area contributed by atoms with Crippen molar-refractivity contribution >= 4 is 23.2 Å². The molecule has 108 valence electrons. The maximum atomic E-state index is 11.0. The monoisotopic (exact) mass is 279 g/mol. The van der Waals surface area contributed by atoms with Crippen LogP contribution in [0.1, 0.15) is 19.8 Å². The predicted molar refractivity (Wildman–Crippen MR) is 74.4 cm³/mol. The third kappa shape index (κ3) is 3.34. The summed E-state index contributed by atoms with van der Waals surface area (Å²) >= 11 is 0. The van der Waals surface area contributed by atoms with Gasteiger partial charge in [-0.15, -0.1) is 0 Å². The van der Waals surface area contributed by atoms with Crippen molar-refractivity contribution in [1.82, 2.24) is 10.3 Å². The normalized spacial score (nSPS) is 15.9. The van der Waals surface area contributed by atoms with Gasteiger partial charge in [-0.3, -0.25) is 14.9 Å². The van der Waals surface area contributed by atoms with E-state index >= 15 is 0 Å². The molecule has 20 heavy (non-hydrogen) atoms. The Balaban J connectivity index is 2.07. The number of nitrogens with two attached hydrogens (primary N) is 1. The fourth-order valence-electron chi connectivity index (χ4n) is 2.33. The maximum absolute atomic E-state index is 11.0. The van der Waals surface area contributed by atoms with Crippen LogP contribution in [0.15, 0.2) is 12.1 Å². The third-order valence-electron chi connectivity index (χ3n) is 3.25. The minimum atomic E-state index is -0.481. The Bertz CT molecular complexity index is 526. The van der Waals surface area contributed by atoms with Crippen molar-refractivity contribution in [2.75, 3.05) is 23.7 Å². The van der Waals surface area contributed by atoms with Crippen LogP contribution in [-0.2, 0) is 4.79 Å². The van der Waals surface area contributed by atoms with E-state index in [0.29, 0.717) is 18.9 Å². The number of hydrogen-bond donors (Lipinski definition) is 2. The van der Waals surface area contributed by atoms with Gasteiger partial charge in [-0.05, 0) is 12.8 Å². The zero-order chi connectivity index (χ0) is 14.7. The summed E-state index contributed by atoms with van der Waals surface area (Å²) in [5, 5.41) is 13.7. The van der Waals surface area contributed by atoms with E-state index in [1.807, 2.05) is 4.90 Å². The van der Waals surface area contributed by atoms with E-state index in [-0.39, 0.29) is 23.5 Å². The molecule has 2 rings (SSSR count). The second-order valence-electron chi connectivity index (χ2n) is 4.83. The van der Waals surface area contributed by atoms with Crippen LogP contribution < -0.4 is 16.0 Å². The Morgan fingerprint density at radius 2 is 2.15 bits per heavy atom. The summed E-state index contributed by atoms with van der Waals surface area (Å²) < 4.78 is 0. The molecule has 0 radical (unpaired) electrons. The average Bonchev–Trinajstić information content (AvgIpc) is 2.38. The molecule has 0 saturated carbocycles. The van der Waals surface area contributed by atoms with Crippen molar-refractivity contribution in [1.29, 1.82) is 0 Å². The summed E-state index contributed by atoms with van der Waals surface area (Å²) in [6.07, 6.45) is 1.56. The van der Waals surface area contributed by atoms with Gasteiger partial charge in [0.2, 0.25) is 5.91 Å². The van der Waals surface area contributed by atoms with Crippen LogP contribution in [-0.4, -0.2) is 34.9 Å². The van der Waals surface area contributed by atoms with Crippen LogP contribution in [0, 0.1) is 10.1 Å². The fraction of sp³-hybridized carbons (Fsp3) is 0.500. The Labute approximate surface area is 116 Å². The van der Waals surface area contributed by atoms with Crippen LogP contribution in [0.25, 0.3) is 0 Å². The van der Waals surface area contributed by atoms with Crippen LogP contribution in [0.5, 0.6) is 0 Å². The quantitative estimate of drug-likeness (QED) is 0.621. The van der Waals surface area contributed by atoms with Gasteiger partial charge >= 0.3 is 0 Å². The van der Waals surface area contributed by atoms with Crippen LogP contribution in [0.3, 0.4) is 0 Å². The van der Waals surface area contributed by atoms with Gasteiger partial charge < -0.3 is 16.0 Å². The van der Waals surface area contributed by atoms with Gasteiger partial charge in [0, 0.05) is 26.1 Å². The average molecular weight is 279 g/mol. The molecule has 0 aromatic carbocycles. The topological polar surface area (TPSA) is 114 Å². The minimum absolute atomic E-state index is 0.0406. The van der Waals surface area contributed by atoms with Crippen LogP contribution in [0.2, 0.25) is 0 Å². The predicted octanol–water partition coefficient (Wildman–Crippen LogP) is 0.677. The molecule has 1 aromatic heterocycles. The van der Waals surface area contributed by atoms with Gasteiger partial charge in [-0.1, -0.05) is 0 Å². The molecule has 0 bridgehead atoms. The molecular formula is C12H17N5O3. The molecule has 1 aliphatic rings. The van der Waals surface area contributed by atoms with E-state index in [1.54, 1.807) is 0 Å². The van der Waals surface area contributed by atoms with Gasteiger partial charge in [0.15, 0.2) is 0 Å². The SMILES string of the molecule is CC(=O)NC1CCN(c2cc([N+](=O)[O-])cc(N)n2)CC1. The first-order valence-electron chi connectivity index (χ1n) is 6.39. The lowest BCUT2D eigenvalue weighted by molar-refractivity contribution is -0.384. The smallest absolute Gasteiger partial charge is 0.276 e. The molecule has 3 N–H and O–H groups in total. The molecule has 1 aliphatic heterocycles. The number of hydrogen-bond acceptors (Lipinski definition) is 6. The van der Waals surface area contributed by atoms with E-state index in [9.17, 15) is 14.9 Å². The van der Waals surface area contributed by atoms with E-state index in [4.69, 9.17) is 5.73 Å². The number of rotatable bonds is 3. The highest BCUT2D eigenvalue weighted by Crippen LogP contribution is 2.24. The summed E-state index contributed by atoms with van der Waals surface area (Å²) in [5.74, 6) is 0.609. The van der Waals surface area contributed by atoms with E-state index in [2.05, 4.69) is 10.3 Å². The van der Waals surface area contributed by atoms with Gasteiger partial charge in [0.05, 0.1) is 17.1 Å². The molecule has 0 unspecified atom stereocenters. The number of anilines is 2. The number of nitrogens with one attached hydrogen (secondary N) is 1. The zero-order valence-corrected chi connectivity index (χ0v) is 11.2. The largest absolute Gasteiger partial charge is 0.383 e. The maximum Gasteiger partial charge on any atom is 0.276 e. The molecule has 8 nitrogen and oxygen atoms in total. The number of carbonyl (C=O) groups excluding carboxylic acids is 1. The first-order valence-corrected chi connectivity index (χ1v) is 6.39. The van der Waals surface area contributed by atoms with Gasteiger partial charge in [-0.25, -0.2) is 4.98 Å². The number of nitrogen functional groups attached to an aromatic ring is 1. The van der Waals surface area contributed by atoms with Crippen molar-refractivity contribution in [2.24, 2.45) is 0 Å². The van der Waals surface area contributed by atoms with Crippen LogP contribution in [0.4, 0.5) is 17.3 Å². The van der Waals surface area contributed by atoms with Crippen molar-refractivity contribution in [3.63, 3.8) is 0 Å². The Hall–Kier alpha value is -2.38. The summed E-state index contributed by atoms with van der Waals surface area (Å²) in [6.45, 7) is 2.85. The molecule has 0 spiro atoms. The molecule has 8 heteroatoms. The summed E-state index contributed by atoms with van der Waals surface area (Å²) in [6, 6.07) is 2.82. The van der Waals surface area contributed by atoms with E-state index < -0.39 is 4.92 Å². The second-order valence-corrected chi connectivity index (χ2v) is 4.83. The van der Waals surface area contributed by atoms with Crippen molar-refractivity contribution in [2.45, 2.75) is 25.8 Å². The number of pyridine rings is 1. The highest BCUT2D eigenvalue weighted by atomic mass is 16.6. The van der Waals surface area contributed by atoms with E-state index in [1.165, 1.54) is 19.1 Å². The zero-order valence-electron chi connectivity index (χ0n) is 11.2. The Morgan fingerprint density at radius 3 is 2.70 bits per heavy atom. The molecular weight excluding hydrogens is 262 g/mol.